The molecule has 168 valence electrons. The number of hydrogen-bond acceptors (Lipinski definition) is 5. The molecular weight excluding hydrogens is 418 g/mol. The van der Waals surface area contributed by atoms with E-state index in [2.05, 4.69) is 4.98 Å². The Morgan fingerprint density at radius 3 is 2.53 bits per heavy atom. The first-order chi connectivity index (χ1) is 15.5. The van der Waals surface area contributed by atoms with Crippen LogP contribution >= 0.6 is 0 Å². The Morgan fingerprint density at radius 2 is 1.84 bits per heavy atom. The lowest BCUT2D eigenvalue weighted by Crippen LogP contribution is -2.49. The normalized spacial score (nSPS) is 19.9. The highest BCUT2D eigenvalue weighted by Gasteiger charge is 2.44. The maximum Gasteiger partial charge on any atom is 0.299 e. The fourth-order valence-electron chi connectivity index (χ4n) is 3.58. The Labute approximate surface area is 184 Å². The number of ether oxygens (including phenoxy) is 3. The van der Waals surface area contributed by atoms with Gasteiger partial charge < -0.3 is 14.2 Å². The van der Waals surface area contributed by atoms with Gasteiger partial charge in [0.15, 0.2) is 0 Å². The number of alkyl halides is 1. The highest BCUT2D eigenvalue weighted by molar-refractivity contribution is 5.27. The largest absolute Gasteiger partial charge is 0.497 e. The zero-order valence-electron chi connectivity index (χ0n) is 17.6. The lowest BCUT2D eigenvalue weighted by atomic mass is 9.80. The van der Waals surface area contributed by atoms with E-state index in [9.17, 15) is 13.6 Å². The van der Waals surface area contributed by atoms with E-state index in [1.54, 1.807) is 31.4 Å². The molecule has 1 saturated carbocycles. The maximum atomic E-state index is 14.7. The molecule has 0 N–H and O–H groups in total. The van der Waals surface area contributed by atoms with Crippen molar-refractivity contribution in [3.8, 4) is 11.8 Å². The van der Waals surface area contributed by atoms with E-state index in [1.807, 2.05) is 30.3 Å². The minimum atomic E-state index is -1.26. The van der Waals surface area contributed by atoms with Gasteiger partial charge in [-0.15, -0.1) is 0 Å². The van der Waals surface area contributed by atoms with E-state index < -0.39 is 23.7 Å². The minimum Gasteiger partial charge on any atom is -0.497 e. The third kappa shape index (κ3) is 4.96. The standard InChI is InChI=1S/C24H24F2N2O4/c1-30-19-9-7-16(8-10-19)13-28-23(29)20(25)12-27-24(28)32-21-11-18(22(21)26)15-31-14-17-5-3-2-4-6-17/h2-10,12,18,21-22H,11,13-15H2,1H3/t18-,21-,22?/m1/s1. The maximum absolute atomic E-state index is 14.7. The Kier molecular flexibility index (Phi) is 6.80. The summed E-state index contributed by atoms with van der Waals surface area (Å²) in [5, 5.41) is 0. The molecule has 0 aliphatic heterocycles. The molecule has 3 atom stereocenters. The summed E-state index contributed by atoms with van der Waals surface area (Å²) < 4.78 is 46.0. The van der Waals surface area contributed by atoms with Crippen LogP contribution in [0.4, 0.5) is 8.78 Å². The SMILES string of the molecule is COc1ccc(Cn2c(O[C@@H]3C[C@H](COCc4ccccc4)C3F)ncc(F)c2=O)cc1. The fourth-order valence-corrected chi connectivity index (χ4v) is 3.58. The van der Waals surface area contributed by atoms with Crippen LogP contribution in [0.5, 0.6) is 11.8 Å². The van der Waals surface area contributed by atoms with Crippen LogP contribution in [0.2, 0.25) is 0 Å². The quantitative estimate of drug-likeness (QED) is 0.505. The van der Waals surface area contributed by atoms with Crippen LogP contribution in [0.15, 0.2) is 65.6 Å². The van der Waals surface area contributed by atoms with E-state index in [0.717, 1.165) is 21.9 Å². The molecule has 3 aromatic rings. The number of hydrogen-bond donors (Lipinski definition) is 0. The molecule has 4 rings (SSSR count). The summed E-state index contributed by atoms with van der Waals surface area (Å²) in [6.45, 7) is 0.720. The number of benzene rings is 2. The van der Waals surface area contributed by atoms with Crippen molar-refractivity contribution >= 4 is 0 Å². The number of nitrogens with zero attached hydrogens (tertiary/aromatic N) is 2. The van der Waals surface area contributed by atoms with Crippen molar-refractivity contribution in [3.05, 3.63) is 88.1 Å². The Hall–Kier alpha value is -3.26. The third-order valence-corrected chi connectivity index (χ3v) is 5.51. The molecule has 0 spiro atoms. The topological polar surface area (TPSA) is 62.6 Å². The lowest BCUT2D eigenvalue weighted by molar-refractivity contribution is -0.0793. The molecule has 0 saturated heterocycles. The molecular formula is C24H24F2N2O4. The second-order valence-corrected chi connectivity index (χ2v) is 7.73. The summed E-state index contributed by atoms with van der Waals surface area (Å²) in [7, 11) is 1.55. The molecule has 0 bridgehead atoms. The van der Waals surface area contributed by atoms with Gasteiger partial charge in [0.1, 0.15) is 18.0 Å². The van der Waals surface area contributed by atoms with Crippen LogP contribution in [-0.2, 0) is 17.9 Å². The van der Waals surface area contributed by atoms with Gasteiger partial charge in [-0.05, 0) is 29.7 Å². The summed E-state index contributed by atoms with van der Waals surface area (Å²) in [5.74, 6) is -0.639. The molecule has 1 aliphatic carbocycles. The highest BCUT2D eigenvalue weighted by Crippen LogP contribution is 2.34. The molecule has 0 amide bonds. The molecule has 1 heterocycles. The van der Waals surface area contributed by atoms with Gasteiger partial charge in [0, 0.05) is 5.92 Å². The Morgan fingerprint density at radius 1 is 1.09 bits per heavy atom. The van der Waals surface area contributed by atoms with Crippen molar-refractivity contribution in [2.75, 3.05) is 13.7 Å². The molecule has 32 heavy (non-hydrogen) atoms. The summed E-state index contributed by atoms with van der Waals surface area (Å²) >= 11 is 0. The molecule has 1 unspecified atom stereocenters. The number of halogens is 2. The summed E-state index contributed by atoms with van der Waals surface area (Å²) in [4.78, 5) is 16.3. The average Bonchev–Trinajstić information content (AvgIpc) is 2.83. The second-order valence-electron chi connectivity index (χ2n) is 7.73. The number of methoxy groups -OCH3 is 1. The first-order valence-corrected chi connectivity index (χ1v) is 10.4. The second kappa shape index (κ2) is 9.91. The van der Waals surface area contributed by atoms with Crippen molar-refractivity contribution in [1.29, 1.82) is 0 Å². The average molecular weight is 442 g/mol. The summed E-state index contributed by atoms with van der Waals surface area (Å²) in [6.07, 6.45) is -0.803. The molecule has 8 heteroatoms. The monoisotopic (exact) mass is 442 g/mol. The molecule has 1 fully saturated rings. The Bertz CT molecular complexity index is 1090. The van der Waals surface area contributed by atoms with E-state index >= 15 is 0 Å². The van der Waals surface area contributed by atoms with Crippen molar-refractivity contribution < 1.29 is 23.0 Å². The fraction of sp³-hybridized carbons (Fsp3) is 0.333. The smallest absolute Gasteiger partial charge is 0.299 e. The van der Waals surface area contributed by atoms with E-state index in [-0.39, 0.29) is 25.1 Å². The molecule has 1 aliphatic rings. The van der Waals surface area contributed by atoms with Gasteiger partial charge in [-0.3, -0.25) is 9.36 Å². The van der Waals surface area contributed by atoms with Crippen LogP contribution < -0.4 is 15.0 Å². The van der Waals surface area contributed by atoms with Gasteiger partial charge in [-0.2, -0.15) is 4.39 Å². The van der Waals surface area contributed by atoms with Crippen LogP contribution in [0.3, 0.4) is 0 Å². The molecule has 1 aromatic heterocycles. The van der Waals surface area contributed by atoms with Crippen LogP contribution in [0, 0.1) is 11.7 Å². The molecule has 6 nitrogen and oxygen atoms in total. The summed E-state index contributed by atoms with van der Waals surface area (Å²) in [5.41, 5.74) is 0.874. The van der Waals surface area contributed by atoms with E-state index in [1.165, 1.54) is 0 Å². The minimum absolute atomic E-state index is 0.0379. The van der Waals surface area contributed by atoms with Gasteiger partial charge in [-0.25, -0.2) is 9.37 Å². The molecule has 2 aromatic carbocycles. The van der Waals surface area contributed by atoms with Crippen LogP contribution in [0.1, 0.15) is 17.5 Å². The summed E-state index contributed by atoms with van der Waals surface area (Å²) in [6, 6.07) is 16.5. The number of aromatic nitrogens is 2. The van der Waals surface area contributed by atoms with Gasteiger partial charge >= 0.3 is 0 Å². The zero-order chi connectivity index (χ0) is 22.5. The third-order valence-electron chi connectivity index (χ3n) is 5.51. The van der Waals surface area contributed by atoms with Crippen molar-refractivity contribution in [3.63, 3.8) is 0 Å². The van der Waals surface area contributed by atoms with Crippen molar-refractivity contribution in [2.45, 2.75) is 31.8 Å². The first kappa shape index (κ1) is 22.0. The van der Waals surface area contributed by atoms with E-state index in [0.29, 0.717) is 18.8 Å². The predicted octanol–water partition coefficient (Wildman–Crippen LogP) is 3.76. The van der Waals surface area contributed by atoms with Crippen molar-refractivity contribution in [1.82, 2.24) is 9.55 Å². The highest BCUT2D eigenvalue weighted by atomic mass is 19.1. The van der Waals surface area contributed by atoms with Gasteiger partial charge in [0.25, 0.3) is 11.6 Å². The zero-order valence-corrected chi connectivity index (χ0v) is 17.6. The number of rotatable bonds is 9. The van der Waals surface area contributed by atoms with Gasteiger partial charge in [-0.1, -0.05) is 42.5 Å². The Balaban J connectivity index is 1.37. The first-order valence-electron chi connectivity index (χ1n) is 10.4. The van der Waals surface area contributed by atoms with E-state index in [4.69, 9.17) is 14.2 Å². The lowest BCUT2D eigenvalue weighted by Gasteiger charge is -2.38. The van der Waals surface area contributed by atoms with Crippen LogP contribution in [0.25, 0.3) is 0 Å². The van der Waals surface area contributed by atoms with Gasteiger partial charge in [0.05, 0.1) is 33.1 Å². The van der Waals surface area contributed by atoms with Crippen molar-refractivity contribution in [2.24, 2.45) is 5.92 Å². The molecule has 0 radical (unpaired) electrons. The predicted molar refractivity (Wildman–Crippen MR) is 114 cm³/mol. The van der Waals surface area contributed by atoms with Crippen LogP contribution in [-0.4, -0.2) is 35.5 Å². The van der Waals surface area contributed by atoms with Gasteiger partial charge in [0.2, 0.25) is 5.82 Å².